The van der Waals surface area contributed by atoms with Gasteiger partial charge >= 0.3 is 5.97 Å². The van der Waals surface area contributed by atoms with Crippen LogP contribution in [0.3, 0.4) is 0 Å². The summed E-state index contributed by atoms with van der Waals surface area (Å²) in [5.74, 6) is -1.73. The molecule has 0 bridgehead atoms. The minimum absolute atomic E-state index is 0.843. The van der Waals surface area contributed by atoms with Crippen molar-refractivity contribution in [2.75, 3.05) is 6.61 Å². The maximum atomic E-state index is 10.1. The van der Waals surface area contributed by atoms with Crippen LogP contribution in [0.1, 0.15) is 0 Å². The fourth-order valence-corrected chi connectivity index (χ4v) is 1.57. The van der Waals surface area contributed by atoms with Gasteiger partial charge in [0, 0.05) is 12.4 Å². The Labute approximate surface area is 131 Å². The van der Waals surface area contributed by atoms with Gasteiger partial charge in [0.2, 0.25) is 0 Å². The molecule has 0 unspecified atom stereocenters. The van der Waals surface area contributed by atoms with E-state index in [1.807, 2.05) is 24.3 Å². The van der Waals surface area contributed by atoms with Crippen molar-refractivity contribution >= 4 is 17.0 Å². The third kappa shape index (κ3) is 5.51. The molecule has 2 heterocycles. The van der Waals surface area contributed by atoms with Crippen LogP contribution in [0.15, 0.2) is 36.7 Å². The molecule has 0 aromatic carbocycles. The van der Waals surface area contributed by atoms with Crippen molar-refractivity contribution in [2.45, 2.75) is 24.4 Å². The molecule has 2 aromatic rings. The number of aliphatic hydroxyl groups excluding tert-OH is 5. The minimum Gasteiger partial charge on any atom is -0.479 e. The van der Waals surface area contributed by atoms with E-state index in [9.17, 15) is 4.79 Å². The van der Waals surface area contributed by atoms with E-state index >= 15 is 0 Å². The maximum Gasteiger partial charge on any atom is 0.335 e. The van der Waals surface area contributed by atoms with Gasteiger partial charge in [-0.15, -0.1) is 0 Å². The summed E-state index contributed by atoms with van der Waals surface area (Å²) in [5.41, 5.74) is 1.90. The first-order chi connectivity index (χ1) is 10.9. The SMILES string of the molecule is O=C(O)[C@H](O)[C@@H](O)[C@H](O)[C@H](O)CO.c1cnc2cccnc2c1. The number of nitrogens with zero attached hydrogens (tertiary/aromatic N) is 2. The molecule has 0 saturated heterocycles. The highest BCUT2D eigenvalue weighted by molar-refractivity contribution is 5.73. The largest absolute Gasteiger partial charge is 0.479 e. The monoisotopic (exact) mass is 326 g/mol. The average Bonchev–Trinajstić information content (AvgIpc) is 2.59. The van der Waals surface area contributed by atoms with Gasteiger partial charge in [0.15, 0.2) is 6.10 Å². The number of aliphatic hydroxyl groups is 5. The third-order valence-corrected chi connectivity index (χ3v) is 2.88. The second-order valence-corrected chi connectivity index (χ2v) is 4.56. The van der Waals surface area contributed by atoms with Gasteiger partial charge in [-0.05, 0) is 24.3 Å². The van der Waals surface area contributed by atoms with Crippen molar-refractivity contribution in [2.24, 2.45) is 0 Å². The molecule has 9 nitrogen and oxygen atoms in total. The second kappa shape index (κ2) is 9.08. The number of carbonyl (C=O) groups is 1. The van der Waals surface area contributed by atoms with Gasteiger partial charge in [-0.25, -0.2) is 4.79 Å². The van der Waals surface area contributed by atoms with Crippen LogP contribution >= 0.6 is 0 Å². The molecule has 0 spiro atoms. The number of rotatable bonds is 5. The van der Waals surface area contributed by atoms with E-state index in [0.717, 1.165) is 11.0 Å². The van der Waals surface area contributed by atoms with E-state index in [2.05, 4.69) is 9.97 Å². The Hall–Kier alpha value is -2.17. The first-order valence-corrected chi connectivity index (χ1v) is 6.60. The minimum atomic E-state index is -2.20. The van der Waals surface area contributed by atoms with Gasteiger partial charge < -0.3 is 30.6 Å². The molecule has 23 heavy (non-hydrogen) atoms. The molecule has 0 aliphatic carbocycles. The summed E-state index contributed by atoms with van der Waals surface area (Å²) in [7, 11) is 0. The molecule has 0 aliphatic rings. The summed E-state index contributed by atoms with van der Waals surface area (Å²) in [6, 6.07) is 7.66. The van der Waals surface area contributed by atoms with Gasteiger partial charge in [-0.1, -0.05) is 0 Å². The molecule has 4 atom stereocenters. The lowest BCUT2D eigenvalue weighted by molar-refractivity contribution is -0.164. The Kier molecular flexibility index (Phi) is 7.45. The number of pyridine rings is 2. The van der Waals surface area contributed by atoms with Crippen LogP contribution < -0.4 is 0 Å². The van der Waals surface area contributed by atoms with Crippen molar-refractivity contribution in [1.82, 2.24) is 9.97 Å². The Morgan fingerprint density at radius 3 is 1.83 bits per heavy atom. The highest BCUT2D eigenvalue weighted by Crippen LogP contribution is 2.05. The van der Waals surface area contributed by atoms with Crippen LogP contribution in [-0.4, -0.2) is 77.6 Å². The summed E-state index contributed by atoms with van der Waals surface area (Å²) in [6.07, 6.45) is -4.30. The molecule has 9 heteroatoms. The highest BCUT2D eigenvalue weighted by Gasteiger charge is 2.33. The summed E-state index contributed by atoms with van der Waals surface area (Å²) in [4.78, 5) is 18.3. The molecule has 0 fully saturated rings. The predicted molar refractivity (Wildman–Crippen MR) is 78.3 cm³/mol. The number of aliphatic carboxylic acids is 1. The molecule has 0 saturated carbocycles. The lowest BCUT2D eigenvalue weighted by Crippen LogP contribution is -2.48. The zero-order chi connectivity index (χ0) is 17.4. The lowest BCUT2D eigenvalue weighted by atomic mass is 10.0. The average molecular weight is 326 g/mol. The van der Waals surface area contributed by atoms with Crippen LogP contribution in [0.25, 0.3) is 11.0 Å². The summed E-state index contributed by atoms with van der Waals surface area (Å²) < 4.78 is 0. The van der Waals surface area contributed by atoms with Crippen molar-refractivity contribution in [1.29, 1.82) is 0 Å². The molecule has 2 aromatic heterocycles. The zero-order valence-electron chi connectivity index (χ0n) is 12.0. The molecular formula is C14H18N2O7. The zero-order valence-corrected chi connectivity index (χ0v) is 12.0. The fourth-order valence-electron chi connectivity index (χ4n) is 1.57. The third-order valence-electron chi connectivity index (χ3n) is 2.88. The molecule has 0 radical (unpaired) electrons. The van der Waals surface area contributed by atoms with E-state index in [0.29, 0.717) is 0 Å². The molecule has 0 amide bonds. The quantitative estimate of drug-likeness (QED) is 0.369. The summed E-state index contributed by atoms with van der Waals surface area (Å²) >= 11 is 0. The van der Waals surface area contributed by atoms with Crippen LogP contribution in [0.4, 0.5) is 0 Å². The Morgan fingerprint density at radius 1 is 0.957 bits per heavy atom. The normalized spacial score (nSPS) is 15.9. The van der Waals surface area contributed by atoms with E-state index in [1.54, 1.807) is 12.4 Å². The van der Waals surface area contributed by atoms with Crippen molar-refractivity contribution in [3.8, 4) is 0 Å². The molecular weight excluding hydrogens is 308 g/mol. The van der Waals surface area contributed by atoms with Gasteiger partial charge in [-0.2, -0.15) is 0 Å². The standard InChI is InChI=1S/C8H6N2.C6H12O7/c1-3-7-8(9-5-1)4-2-6-10-7;7-1-2(8)3(9)4(10)5(11)6(12)13/h1-6H;2-5,7-11H,1H2,(H,12,13)/t;2-,3-,4+,5-/m.1/s1. The first kappa shape index (κ1) is 18.9. The number of aromatic nitrogens is 2. The summed E-state index contributed by atoms with van der Waals surface area (Å²) in [6.45, 7) is -0.843. The second-order valence-electron chi connectivity index (χ2n) is 4.56. The number of fused-ring (bicyclic) bond motifs is 1. The van der Waals surface area contributed by atoms with Gasteiger partial charge in [0.05, 0.1) is 17.6 Å². The van der Waals surface area contributed by atoms with Crippen LogP contribution in [0, 0.1) is 0 Å². The first-order valence-electron chi connectivity index (χ1n) is 6.60. The molecule has 0 aliphatic heterocycles. The van der Waals surface area contributed by atoms with E-state index in [-0.39, 0.29) is 0 Å². The van der Waals surface area contributed by atoms with E-state index < -0.39 is 37.0 Å². The van der Waals surface area contributed by atoms with Gasteiger partial charge in [0.1, 0.15) is 18.3 Å². The smallest absolute Gasteiger partial charge is 0.335 e. The van der Waals surface area contributed by atoms with Gasteiger partial charge in [0.25, 0.3) is 0 Å². The molecule has 6 N–H and O–H groups in total. The van der Waals surface area contributed by atoms with Crippen molar-refractivity contribution in [3.05, 3.63) is 36.7 Å². The fraction of sp³-hybridized carbons (Fsp3) is 0.357. The Bertz CT molecular complexity index is 559. The maximum absolute atomic E-state index is 10.1. The van der Waals surface area contributed by atoms with Gasteiger partial charge in [-0.3, -0.25) is 9.97 Å². The van der Waals surface area contributed by atoms with E-state index in [1.165, 1.54) is 0 Å². The number of carboxylic acids is 1. The molecule has 2 rings (SSSR count). The topological polar surface area (TPSA) is 164 Å². The predicted octanol–water partition coefficient (Wildman–Crippen LogP) is -1.86. The van der Waals surface area contributed by atoms with Crippen molar-refractivity contribution < 1.29 is 35.4 Å². The highest BCUT2D eigenvalue weighted by atomic mass is 16.4. The Morgan fingerprint density at radius 2 is 1.43 bits per heavy atom. The van der Waals surface area contributed by atoms with Crippen LogP contribution in [0.5, 0.6) is 0 Å². The Balaban J connectivity index is 0.000000235. The number of hydrogen-bond donors (Lipinski definition) is 6. The molecule has 126 valence electrons. The van der Waals surface area contributed by atoms with E-state index in [4.69, 9.17) is 30.6 Å². The number of hydrogen-bond acceptors (Lipinski definition) is 8. The lowest BCUT2D eigenvalue weighted by Gasteiger charge is -2.23. The summed E-state index contributed by atoms with van der Waals surface area (Å²) in [5, 5.41) is 51.8. The van der Waals surface area contributed by atoms with Crippen molar-refractivity contribution in [3.63, 3.8) is 0 Å². The van der Waals surface area contributed by atoms with Crippen LogP contribution in [0.2, 0.25) is 0 Å². The van der Waals surface area contributed by atoms with Crippen LogP contribution in [-0.2, 0) is 4.79 Å². The number of carboxylic acid groups (broad SMARTS) is 1.